The highest BCUT2D eigenvalue weighted by molar-refractivity contribution is 6.33. The third kappa shape index (κ3) is 2.02. The Hall–Kier alpha value is -1.54. The number of rotatable bonds is 2. The number of pyridine rings is 1. The van der Waals surface area contributed by atoms with Crippen LogP contribution in [-0.4, -0.2) is 12.1 Å². The first kappa shape index (κ1) is 11.0. The molecule has 0 aliphatic rings. The lowest BCUT2D eigenvalue weighted by molar-refractivity contribution is 0.415. The molecule has 0 amide bonds. The number of halogens is 1. The predicted molar refractivity (Wildman–Crippen MR) is 66.0 cm³/mol. The Morgan fingerprint density at radius 3 is 2.75 bits per heavy atom. The summed E-state index contributed by atoms with van der Waals surface area (Å²) in [5.74, 6) is 0.824. The molecule has 82 valence electrons. The highest BCUT2D eigenvalue weighted by Crippen LogP contribution is 2.31. The molecule has 0 saturated heterocycles. The van der Waals surface area contributed by atoms with Gasteiger partial charge in [0, 0.05) is 18.0 Å². The lowest BCUT2D eigenvalue weighted by Crippen LogP contribution is -1.88. The number of nitrogens with zero attached hydrogens (tertiary/aromatic N) is 1. The quantitative estimate of drug-likeness (QED) is 0.789. The van der Waals surface area contributed by atoms with Gasteiger partial charge >= 0.3 is 0 Å². The Balaban J connectivity index is 2.58. The smallest absolute Gasteiger partial charge is 0.119 e. The fourth-order valence-electron chi connectivity index (χ4n) is 1.68. The van der Waals surface area contributed by atoms with Crippen LogP contribution in [0.4, 0.5) is 0 Å². The minimum atomic E-state index is 0.660. The molecule has 2 nitrogen and oxygen atoms in total. The zero-order valence-corrected chi connectivity index (χ0v) is 9.95. The molecule has 0 aliphatic carbocycles. The van der Waals surface area contributed by atoms with E-state index < -0.39 is 0 Å². The second kappa shape index (κ2) is 4.54. The van der Waals surface area contributed by atoms with Crippen LogP contribution in [0.5, 0.6) is 5.75 Å². The molecule has 0 N–H and O–H groups in total. The van der Waals surface area contributed by atoms with E-state index in [4.69, 9.17) is 16.3 Å². The van der Waals surface area contributed by atoms with Gasteiger partial charge in [0.15, 0.2) is 0 Å². The molecule has 0 bridgehead atoms. The van der Waals surface area contributed by atoms with E-state index in [-0.39, 0.29) is 0 Å². The average molecular weight is 234 g/mol. The number of methoxy groups -OCH3 is 1. The predicted octanol–water partition coefficient (Wildman–Crippen LogP) is 3.72. The summed E-state index contributed by atoms with van der Waals surface area (Å²) < 4.78 is 5.20. The molecule has 2 rings (SSSR count). The van der Waals surface area contributed by atoms with Gasteiger partial charge in [0.25, 0.3) is 0 Å². The summed E-state index contributed by atoms with van der Waals surface area (Å²) in [5.41, 5.74) is 3.11. The van der Waals surface area contributed by atoms with Crippen molar-refractivity contribution in [2.24, 2.45) is 0 Å². The zero-order chi connectivity index (χ0) is 11.5. The lowest BCUT2D eigenvalue weighted by Gasteiger charge is -2.09. The van der Waals surface area contributed by atoms with Gasteiger partial charge in [-0.05, 0) is 30.2 Å². The molecule has 0 unspecified atom stereocenters. The minimum absolute atomic E-state index is 0.660. The van der Waals surface area contributed by atoms with E-state index >= 15 is 0 Å². The standard InChI is InChI=1S/C13H12ClNO/c1-9-7-15-8-12(14)13(9)10-4-3-5-11(6-10)16-2/h3-8H,1-2H3. The molecule has 0 spiro atoms. The topological polar surface area (TPSA) is 22.1 Å². The van der Waals surface area contributed by atoms with Gasteiger partial charge in [-0.2, -0.15) is 0 Å². The molecular formula is C13H12ClNO. The summed E-state index contributed by atoms with van der Waals surface area (Å²) >= 11 is 6.16. The van der Waals surface area contributed by atoms with Gasteiger partial charge in [-0.15, -0.1) is 0 Å². The van der Waals surface area contributed by atoms with Crippen LogP contribution in [0.25, 0.3) is 11.1 Å². The van der Waals surface area contributed by atoms with E-state index in [1.54, 1.807) is 19.5 Å². The second-order valence-electron chi connectivity index (χ2n) is 3.55. The van der Waals surface area contributed by atoms with Crippen molar-refractivity contribution in [3.05, 3.63) is 47.2 Å². The van der Waals surface area contributed by atoms with Crippen molar-refractivity contribution in [3.8, 4) is 16.9 Å². The van der Waals surface area contributed by atoms with Crippen LogP contribution in [0.15, 0.2) is 36.7 Å². The number of aryl methyl sites for hydroxylation is 1. The van der Waals surface area contributed by atoms with Crippen molar-refractivity contribution >= 4 is 11.6 Å². The first-order valence-corrected chi connectivity index (χ1v) is 5.34. The largest absolute Gasteiger partial charge is 0.497 e. The highest BCUT2D eigenvalue weighted by Gasteiger charge is 2.07. The number of aromatic nitrogens is 1. The Bertz CT molecular complexity index is 491. The maximum atomic E-state index is 6.16. The van der Waals surface area contributed by atoms with Gasteiger partial charge in [0.1, 0.15) is 5.75 Å². The van der Waals surface area contributed by atoms with Crippen LogP contribution in [0.3, 0.4) is 0 Å². The monoisotopic (exact) mass is 233 g/mol. The van der Waals surface area contributed by atoms with Gasteiger partial charge in [0.2, 0.25) is 0 Å². The fourth-order valence-corrected chi connectivity index (χ4v) is 1.99. The molecule has 1 aromatic heterocycles. The van der Waals surface area contributed by atoms with Crippen molar-refractivity contribution in [1.29, 1.82) is 0 Å². The third-order valence-electron chi connectivity index (χ3n) is 2.45. The van der Waals surface area contributed by atoms with E-state index in [1.165, 1.54) is 0 Å². The van der Waals surface area contributed by atoms with Crippen molar-refractivity contribution < 1.29 is 4.74 Å². The first-order valence-electron chi connectivity index (χ1n) is 4.97. The molecule has 0 aliphatic heterocycles. The van der Waals surface area contributed by atoms with E-state index in [0.29, 0.717) is 5.02 Å². The molecular weight excluding hydrogens is 222 g/mol. The number of hydrogen-bond donors (Lipinski definition) is 0. The third-order valence-corrected chi connectivity index (χ3v) is 2.73. The van der Waals surface area contributed by atoms with Gasteiger partial charge in [0.05, 0.1) is 12.1 Å². The van der Waals surface area contributed by atoms with Gasteiger partial charge < -0.3 is 4.74 Å². The van der Waals surface area contributed by atoms with Crippen molar-refractivity contribution in [2.45, 2.75) is 6.92 Å². The highest BCUT2D eigenvalue weighted by atomic mass is 35.5. The summed E-state index contributed by atoms with van der Waals surface area (Å²) in [6.45, 7) is 1.99. The molecule has 0 atom stereocenters. The molecule has 3 heteroatoms. The van der Waals surface area contributed by atoms with Crippen LogP contribution in [0, 0.1) is 6.92 Å². The summed E-state index contributed by atoms with van der Waals surface area (Å²) in [6, 6.07) is 7.84. The van der Waals surface area contributed by atoms with E-state index in [9.17, 15) is 0 Å². The maximum Gasteiger partial charge on any atom is 0.119 e. The van der Waals surface area contributed by atoms with Crippen LogP contribution in [-0.2, 0) is 0 Å². The number of hydrogen-bond acceptors (Lipinski definition) is 2. The molecule has 0 saturated carbocycles. The summed E-state index contributed by atoms with van der Waals surface area (Å²) in [4.78, 5) is 4.05. The summed E-state index contributed by atoms with van der Waals surface area (Å²) in [7, 11) is 1.65. The Kier molecular flexibility index (Phi) is 3.11. The fraction of sp³-hybridized carbons (Fsp3) is 0.154. The van der Waals surface area contributed by atoms with Crippen molar-refractivity contribution in [1.82, 2.24) is 4.98 Å². The van der Waals surface area contributed by atoms with Crippen LogP contribution < -0.4 is 4.74 Å². The van der Waals surface area contributed by atoms with E-state index in [2.05, 4.69) is 4.98 Å². The Morgan fingerprint density at radius 1 is 1.25 bits per heavy atom. The van der Waals surface area contributed by atoms with Gasteiger partial charge in [-0.3, -0.25) is 4.98 Å². The molecule has 16 heavy (non-hydrogen) atoms. The van der Waals surface area contributed by atoms with Crippen LogP contribution >= 0.6 is 11.6 Å². The van der Waals surface area contributed by atoms with Gasteiger partial charge in [-0.1, -0.05) is 23.7 Å². The Morgan fingerprint density at radius 2 is 2.06 bits per heavy atom. The maximum absolute atomic E-state index is 6.16. The van der Waals surface area contributed by atoms with E-state index in [0.717, 1.165) is 22.4 Å². The molecule has 1 aromatic carbocycles. The molecule has 1 heterocycles. The number of benzene rings is 1. The summed E-state index contributed by atoms with van der Waals surface area (Å²) in [6.07, 6.45) is 3.46. The van der Waals surface area contributed by atoms with Gasteiger partial charge in [-0.25, -0.2) is 0 Å². The van der Waals surface area contributed by atoms with Crippen LogP contribution in [0.2, 0.25) is 5.02 Å². The average Bonchev–Trinajstić information content (AvgIpc) is 2.29. The number of ether oxygens (including phenoxy) is 1. The Labute approximate surface area is 99.9 Å². The summed E-state index contributed by atoms with van der Waals surface area (Å²) in [5, 5.41) is 0.660. The lowest BCUT2D eigenvalue weighted by atomic mass is 10.0. The zero-order valence-electron chi connectivity index (χ0n) is 9.20. The first-order chi connectivity index (χ1) is 7.72. The van der Waals surface area contributed by atoms with Crippen molar-refractivity contribution in [2.75, 3.05) is 7.11 Å². The van der Waals surface area contributed by atoms with Crippen molar-refractivity contribution in [3.63, 3.8) is 0 Å². The molecule has 0 fully saturated rings. The second-order valence-corrected chi connectivity index (χ2v) is 3.95. The minimum Gasteiger partial charge on any atom is -0.497 e. The van der Waals surface area contributed by atoms with E-state index in [1.807, 2.05) is 31.2 Å². The molecule has 0 radical (unpaired) electrons. The van der Waals surface area contributed by atoms with Crippen LogP contribution in [0.1, 0.15) is 5.56 Å². The normalized spacial score (nSPS) is 10.2. The SMILES string of the molecule is COc1cccc(-c2c(C)cncc2Cl)c1. The molecule has 2 aromatic rings.